The van der Waals surface area contributed by atoms with E-state index in [4.69, 9.17) is 22.5 Å². The highest BCUT2D eigenvalue weighted by Gasteiger charge is 2.13. The molecule has 0 aromatic heterocycles. The van der Waals surface area contributed by atoms with E-state index >= 15 is 0 Å². The Labute approximate surface area is 77.4 Å². The molecule has 6 heteroatoms. The third kappa shape index (κ3) is 1.86. The molecule has 0 saturated carbocycles. The van der Waals surface area contributed by atoms with Crippen molar-refractivity contribution in [1.82, 2.24) is 0 Å². The summed E-state index contributed by atoms with van der Waals surface area (Å²) in [6.07, 6.45) is 0. The van der Waals surface area contributed by atoms with Crippen LogP contribution in [0.2, 0.25) is 5.02 Å². The van der Waals surface area contributed by atoms with Gasteiger partial charge in [-0.05, 0) is 12.1 Å². The molecule has 0 unspecified atom stereocenters. The van der Waals surface area contributed by atoms with Crippen LogP contribution in [0.1, 0.15) is 5.56 Å². The molecule has 0 heterocycles. The fraction of sp³-hybridized carbons (Fsp3) is 0. The molecule has 1 aromatic carbocycles. The van der Waals surface area contributed by atoms with E-state index < -0.39 is 17.5 Å². The minimum Gasteiger partial charge on any atom is -0.409 e. The highest BCUT2D eigenvalue weighted by atomic mass is 35.5. The van der Waals surface area contributed by atoms with Crippen LogP contribution in [-0.4, -0.2) is 11.0 Å². The summed E-state index contributed by atoms with van der Waals surface area (Å²) < 4.78 is 25.6. The first-order valence-corrected chi connectivity index (χ1v) is 3.56. The maximum atomic E-state index is 12.9. The molecule has 1 aromatic rings. The Morgan fingerprint density at radius 2 is 2.08 bits per heavy atom. The van der Waals surface area contributed by atoms with Gasteiger partial charge in [0, 0.05) is 5.02 Å². The average molecular weight is 207 g/mol. The predicted octanol–water partition coefficient (Wildman–Crippen LogP) is 1.71. The number of hydrogen-bond acceptors (Lipinski definition) is 2. The number of nitrogens with zero attached hydrogens (tertiary/aromatic N) is 1. The first-order chi connectivity index (χ1) is 6.06. The van der Waals surface area contributed by atoms with Gasteiger partial charge in [0.1, 0.15) is 0 Å². The van der Waals surface area contributed by atoms with Crippen LogP contribution >= 0.6 is 11.6 Å². The van der Waals surface area contributed by atoms with Gasteiger partial charge in [0.15, 0.2) is 17.5 Å². The number of hydrogen-bond donors (Lipinski definition) is 2. The van der Waals surface area contributed by atoms with E-state index in [1.165, 1.54) is 0 Å². The summed E-state index contributed by atoms with van der Waals surface area (Å²) in [6.45, 7) is 0. The number of nitrogens with two attached hydrogens (primary N) is 1. The number of benzene rings is 1. The van der Waals surface area contributed by atoms with E-state index in [-0.39, 0.29) is 10.6 Å². The van der Waals surface area contributed by atoms with Crippen molar-refractivity contribution in [3.05, 3.63) is 34.4 Å². The zero-order chi connectivity index (χ0) is 10.0. The third-order valence-corrected chi connectivity index (χ3v) is 1.59. The van der Waals surface area contributed by atoms with Crippen molar-refractivity contribution in [3.63, 3.8) is 0 Å². The molecule has 0 fully saturated rings. The largest absolute Gasteiger partial charge is 0.409 e. The number of rotatable bonds is 1. The van der Waals surface area contributed by atoms with E-state index in [0.717, 1.165) is 12.1 Å². The van der Waals surface area contributed by atoms with Gasteiger partial charge in [0.2, 0.25) is 0 Å². The molecule has 0 bridgehead atoms. The second-order valence-electron chi connectivity index (χ2n) is 2.23. The van der Waals surface area contributed by atoms with Crippen molar-refractivity contribution in [2.45, 2.75) is 0 Å². The van der Waals surface area contributed by atoms with E-state index in [2.05, 4.69) is 5.16 Å². The smallest absolute Gasteiger partial charge is 0.173 e. The molecule has 0 aliphatic rings. The van der Waals surface area contributed by atoms with Crippen LogP contribution in [0.4, 0.5) is 8.78 Å². The Morgan fingerprint density at radius 3 is 2.62 bits per heavy atom. The van der Waals surface area contributed by atoms with Crippen molar-refractivity contribution in [2.24, 2.45) is 10.9 Å². The molecule has 70 valence electrons. The zero-order valence-corrected chi connectivity index (χ0v) is 7.02. The van der Waals surface area contributed by atoms with Crippen LogP contribution in [0.5, 0.6) is 0 Å². The molecule has 13 heavy (non-hydrogen) atoms. The molecular formula is C7H5ClF2N2O. The van der Waals surface area contributed by atoms with Gasteiger partial charge < -0.3 is 10.9 Å². The quantitative estimate of drug-likeness (QED) is 0.242. The topological polar surface area (TPSA) is 58.6 Å². The summed E-state index contributed by atoms with van der Waals surface area (Å²) in [5.74, 6) is -2.87. The molecule has 0 atom stereocenters. The summed E-state index contributed by atoms with van der Waals surface area (Å²) in [6, 6.07) is 1.86. The van der Waals surface area contributed by atoms with Crippen molar-refractivity contribution >= 4 is 17.4 Å². The zero-order valence-electron chi connectivity index (χ0n) is 6.26. The highest BCUT2D eigenvalue weighted by Crippen LogP contribution is 2.18. The van der Waals surface area contributed by atoms with Gasteiger partial charge in [0.25, 0.3) is 0 Å². The predicted molar refractivity (Wildman–Crippen MR) is 43.9 cm³/mol. The molecule has 0 aliphatic heterocycles. The number of halogens is 3. The summed E-state index contributed by atoms with van der Waals surface area (Å²) in [5, 5.41) is 10.7. The second-order valence-corrected chi connectivity index (χ2v) is 2.67. The average Bonchev–Trinajstić information content (AvgIpc) is 2.10. The third-order valence-electron chi connectivity index (χ3n) is 1.38. The maximum absolute atomic E-state index is 12.9. The molecule has 3 N–H and O–H groups in total. The lowest BCUT2D eigenvalue weighted by Crippen LogP contribution is -2.15. The van der Waals surface area contributed by atoms with Crippen LogP contribution in [0.25, 0.3) is 0 Å². The molecule has 0 radical (unpaired) electrons. The lowest BCUT2D eigenvalue weighted by molar-refractivity contribution is 0.318. The first-order valence-electron chi connectivity index (χ1n) is 3.18. The molecule has 3 nitrogen and oxygen atoms in total. The lowest BCUT2D eigenvalue weighted by atomic mass is 10.2. The Kier molecular flexibility index (Phi) is 2.67. The Hall–Kier alpha value is -1.36. The lowest BCUT2D eigenvalue weighted by Gasteiger charge is -2.02. The van der Waals surface area contributed by atoms with Gasteiger partial charge in [-0.2, -0.15) is 0 Å². The SMILES string of the molecule is NC(=NO)c1cc(Cl)cc(F)c1F. The molecule has 0 amide bonds. The van der Waals surface area contributed by atoms with Crippen molar-refractivity contribution in [2.75, 3.05) is 0 Å². The van der Waals surface area contributed by atoms with E-state index in [1.807, 2.05) is 0 Å². The molecule has 0 spiro atoms. The van der Waals surface area contributed by atoms with Gasteiger partial charge in [-0.25, -0.2) is 8.78 Å². The van der Waals surface area contributed by atoms with E-state index in [0.29, 0.717) is 0 Å². The van der Waals surface area contributed by atoms with Gasteiger partial charge in [-0.1, -0.05) is 16.8 Å². The summed E-state index contributed by atoms with van der Waals surface area (Å²) in [4.78, 5) is 0. The molecular weight excluding hydrogens is 202 g/mol. The Balaban J connectivity index is 3.37. The number of amidine groups is 1. The minimum atomic E-state index is -1.19. The van der Waals surface area contributed by atoms with Gasteiger partial charge in [-0.15, -0.1) is 0 Å². The maximum Gasteiger partial charge on any atom is 0.173 e. The first kappa shape index (κ1) is 9.73. The van der Waals surface area contributed by atoms with Crippen LogP contribution in [0.15, 0.2) is 17.3 Å². The Bertz CT molecular complexity index is 368. The summed E-state index contributed by atoms with van der Waals surface area (Å²) >= 11 is 5.42. The van der Waals surface area contributed by atoms with Gasteiger partial charge in [0.05, 0.1) is 5.56 Å². The van der Waals surface area contributed by atoms with Gasteiger partial charge >= 0.3 is 0 Å². The fourth-order valence-electron chi connectivity index (χ4n) is 0.796. The molecule has 0 aliphatic carbocycles. The van der Waals surface area contributed by atoms with Crippen LogP contribution < -0.4 is 5.73 Å². The van der Waals surface area contributed by atoms with Crippen LogP contribution in [0, 0.1) is 11.6 Å². The summed E-state index contributed by atoms with van der Waals surface area (Å²) in [7, 11) is 0. The van der Waals surface area contributed by atoms with E-state index in [9.17, 15) is 8.78 Å². The van der Waals surface area contributed by atoms with Crippen molar-refractivity contribution in [1.29, 1.82) is 0 Å². The molecule has 0 saturated heterocycles. The minimum absolute atomic E-state index is 0.0273. The van der Waals surface area contributed by atoms with Crippen LogP contribution in [-0.2, 0) is 0 Å². The summed E-state index contributed by atoms with van der Waals surface area (Å²) in [5.41, 5.74) is 4.70. The highest BCUT2D eigenvalue weighted by molar-refractivity contribution is 6.31. The second kappa shape index (κ2) is 3.57. The fourth-order valence-corrected chi connectivity index (χ4v) is 1.00. The Morgan fingerprint density at radius 1 is 1.46 bits per heavy atom. The number of oxime groups is 1. The van der Waals surface area contributed by atoms with Gasteiger partial charge in [-0.3, -0.25) is 0 Å². The van der Waals surface area contributed by atoms with Crippen LogP contribution in [0.3, 0.4) is 0 Å². The monoisotopic (exact) mass is 206 g/mol. The van der Waals surface area contributed by atoms with Crippen molar-refractivity contribution in [3.8, 4) is 0 Å². The molecule has 1 rings (SSSR count). The van der Waals surface area contributed by atoms with Crippen molar-refractivity contribution < 1.29 is 14.0 Å². The van der Waals surface area contributed by atoms with E-state index in [1.54, 1.807) is 0 Å². The standard InChI is InChI=1S/C7H5ClF2N2O/c8-3-1-4(7(11)12-13)6(10)5(9)2-3/h1-2,13H,(H2,11,12). The normalized spacial score (nSPS) is 11.8.